The van der Waals surface area contributed by atoms with Gasteiger partial charge in [-0.2, -0.15) is 0 Å². The molecular weight excluding hydrogens is 516 g/mol. The molecule has 0 bridgehead atoms. The summed E-state index contributed by atoms with van der Waals surface area (Å²) in [4.78, 5) is 64.5. The van der Waals surface area contributed by atoms with Crippen LogP contribution in [0.15, 0.2) is 60.8 Å². The molecule has 0 radical (unpaired) electrons. The normalized spacial score (nSPS) is 13.9. The van der Waals surface area contributed by atoms with E-state index in [1.165, 1.54) is 6.92 Å². The molecule has 4 atom stereocenters. The minimum atomic E-state index is -1.36. The fourth-order valence-electron chi connectivity index (χ4n) is 4.19. The van der Waals surface area contributed by atoms with E-state index in [4.69, 9.17) is 11.5 Å². The average molecular weight is 551 g/mol. The fourth-order valence-corrected chi connectivity index (χ4v) is 4.19. The number of para-hydroxylation sites is 1. The molecule has 0 aliphatic rings. The highest BCUT2D eigenvalue weighted by Crippen LogP contribution is 2.19. The molecule has 3 rings (SSSR count). The molecule has 1 aromatic heterocycles. The van der Waals surface area contributed by atoms with Crippen LogP contribution < -0.4 is 27.4 Å². The van der Waals surface area contributed by atoms with Crippen LogP contribution in [0, 0.1) is 0 Å². The summed E-state index contributed by atoms with van der Waals surface area (Å²) in [6, 6.07) is 12.1. The molecule has 0 saturated carbocycles. The van der Waals surface area contributed by atoms with Gasteiger partial charge in [0.25, 0.3) is 0 Å². The first kappa shape index (κ1) is 29.8. The number of carboxylic acids is 1. The van der Waals surface area contributed by atoms with Crippen LogP contribution in [0.2, 0.25) is 0 Å². The number of carbonyl (C=O) groups is 5. The number of fused-ring (bicyclic) bond motifs is 1. The zero-order valence-electron chi connectivity index (χ0n) is 22.1. The minimum absolute atomic E-state index is 0.128. The van der Waals surface area contributed by atoms with Gasteiger partial charge in [-0.15, -0.1) is 0 Å². The molecule has 4 unspecified atom stereocenters. The van der Waals surface area contributed by atoms with Crippen LogP contribution in [0.3, 0.4) is 0 Å². The predicted molar refractivity (Wildman–Crippen MR) is 148 cm³/mol. The highest BCUT2D eigenvalue weighted by Gasteiger charge is 2.29. The number of hydrogen-bond donors (Lipinski definition) is 7. The zero-order valence-corrected chi connectivity index (χ0v) is 22.1. The number of hydrogen-bond acceptors (Lipinski definition) is 6. The molecule has 2 aromatic carbocycles. The summed E-state index contributed by atoms with van der Waals surface area (Å²) in [6.07, 6.45) is 1.72. The Morgan fingerprint density at radius 2 is 1.50 bits per heavy atom. The third kappa shape index (κ3) is 8.40. The Balaban J connectivity index is 1.67. The number of nitrogens with one attached hydrogen (secondary N) is 4. The van der Waals surface area contributed by atoms with E-state index >= 15 is 0 Å². The second-order valence-corrected chi connectivity index (χ2v) is 9.56. The second kappa shape index (κ2) is 13.9. The van der Waals surface area contributed by atoms with Crippen molar-refractivity contribution >= 4 is 40.5 Å². The molecule has 1 heterocycles. The van der Waals surface area contributed by atoms with Gasteiger partial charge in [0.2, 0.25) is 23.6 Å². The SMILES string of the molecule is CC(NC(=O)C(Cc1ccccc1)NC(=O)C(N)Cc1c[nH]c2ccccc12)C(=O)NC(CCC(N)=O)C(=O)O. The van der Waals surface area contributed by atoms with E-state index in [0.29, 0.717) is 0 Å². The number of aromatic nitrogens is 1. The van der Waals surface area contributed by atoms with Crippen molar-refractivity contribution in [2.24, 2.45) is 11.5 Å². The van der Waals surface area contributed by atoms with Gasteiger partial charge in [-0.3, -0.25) is 19.2 Å². The van der Waals surface area contributed by atoms with E-state index in [9.17, 15) is 29.1 Å². The van der Waals surface area contributed by atoms with Crippen LogP contribution in [0.5, 0.6) is 0 Å². The minimum Gasteiger partial charge on any atom is -0.480 e. The third-order valence-electron chi connectivity index (χ3n) is 6.41. The van der Waals surface area contributed by atoms with Crippen LogP contribution in [0.1, 0.15) is 30.9 Å². The quantitative estimate of drug-likeness (QED) is 0.147. The first-order valence-corrected chi connectivity index (χ1v) is 12.8. The molecule has 0 saturated heterocycles. The number of primary amides is 1. The van der Waals surface area contributed by atoms with Crippen molar-refractivity contribution in [3.8, 4) is 0 Å². The van der Waals surface area contributed by atoms with Gasteiger partial charge in [0.05, 0.1) is 6.04 Å². The second-order valence-electron chi connectivity index (χ2n) is 9.56. The molecule has 4 amide bonds. The maximum absolute atomic E-state index is 13.2. The van der Waals surface area contributed by atoms with E-state index < -0.39 is 53.8 Å². The lowest BCUT2D eigenvalue weighted by molar-refractivity contribution is -0.142. The third-order valence-corrected chi connectivity index (χ3v) is 6.41. The van der Waals surface area contributed by atoms with Gasteiger partial charge in [0, 0.05) is 29.9 Å². The lowest BCUT2D eigenvalue weighted by Crippen LogP contribution is -2.57. The van der Waals surface area contributed by atoms with Crippen molar-refractivity contribution in [2.75, 3.05) is 0 Å². The van der Waals surface area contributed by atoms with Crippen molar-refractivity contribution < 1.29 is 29.1 Å². The van der Waals surface area contributed by atoms with Crippen LogP contribution in [-0.2, 0) is 36.8 Å². The average Bonchev–Trinajstić information content (AvgIpc) is 3.33. The van der Waals surface area contributed by atoms with Gasteiger partial charge in [0.15, 0.2) is 0 Å². The van der Waals surface area contributed by atoms with Crippen molar-refractivity contribution in [2.45, 2.75) is 56.8 Å². The number of aliphatic carboxylic acids is 1. The van der Waals surface area contributed by atoms with Crippen LogP contribution in [0.4, 0.5) is 0 Å². The standard InChI is InChI=1S/C28H34N6O6/c1-16(25(36)33-22(28(39)40)11-12-24(30)35)32-27(38)23(13-17-7-3-2-4-8-17)34-26(37)20(29)14-18-15-31-21-10-6-5-9-19(18)21/h2-10,15-16,20,22-23,31H,11-14,29H2,1H3,(H2,30,35)(H,32,38)(H,33,36)(H,34,37)(H,39,40). The highest BCUT2D eigenvalue weighted by molar-refractivity contribution is 5.94. The Kier molecular flexibility index (Phi) is 10.4. The first-order valence-electron chi connectivity index (χ1n) is 12.8. The van der Waals surface area contributed by atoms with Crippen molar-refractivity contribution in [3.63, 3.8) is 0 Å². The van der Waals surface area contributed by atoms with Gasteiger partial charge in [0.1, 0.15) is 18.1 Å². The number of amides is 4. The van der Waals surface area contributed by atoms with Crippen molar-refractivity contribution in [3.05, 3.63) is 71.9 Å². The summed E-state index contributed by atoms with van der Waals surface area (Å²) in [5.41, 5.74) is 13.8. The highest BCUT2D eigenvalue weighted by atomic mass is 16.4. The molecule has 0 fully saturated rings. The molecule has 212 valence electrons. The molecule has 0 spiro atoms. The number of benzene rings is 2. The van der Waals surface area contributed by atoms with Crippen LogP contribution >= 0.6 is 0 Å². The Labute approximate surface area is 230 Å². The van der Waals surface area contributed by atoms with Gasteiger partial charge in [-0.05, 0) is 37.0 Å². The van der Waals surface area contributed by atoms with Gasteiger partial charge < -0.3 is 37.5 Å². The number of rotatable bonds is 14. The topological polar surface area (TPSA) is 209 Å². The van der Waals surface area contributed by atoms with Gasteiger partial charge in [-0.25, -0.2) is 4.79 Å². The number of H-pyrrole nitrogens is 1. The van der Waals surface area contributed by atoms with Crippen molar-refractivity contribution in [1.29, 1.82) is 0 Å². The lowest BCUT2D eigenvalue weighted by atomic mass is 10.0. The van der Waals surface area contributed by atoms with Crippen molar-refractivity contribution in [1.82, 2.24) is 20.9 Å². The number of nitrogens with two attached hydrogens (primary N) is 2. The van der Waals surface area contributed by atoms with E-state index in [-0.39, 0.29) is 25.7 Å². The van der Waals surface area contributed by atoms with E-state index in [1.54, 1.807) is 30.5 Å². The number of aromatic amines is 1. The summed E-state index contributed by atoms with van der Waals surface area (Å²) in [5.74, 6) is -4.01. The largest absolute Gasteiger partial charge is 0.480 e. The zero-order chi connectivity index (χ0) is 29.2. The summed E-state index contributed by atoms with van der Waals surface area (Å²) in [6.45, 7) is 1.38. The van der Waals surface area contributed by atoms with Gasteiger partial charge in [-0.1, -0.05) is 48.5 Å². The Hall–Kier alpha value is -4.71. The van der Waals surface area contributed by atoms with E-state index in [2.05, 4.69) is 20.9 Å². The molecule has 12 heteroatoms. The van der Waals surface area contributed by atoms with Crippen LogP contribution in [-0.4, -0.2) is 63.9 Å². The van der Waals surface area contributed by atoms with Gasteiger partial charge >= 0.3 is 5.97 Å². The Morgan fingerprint density at radius 1 is 0.850 bits per heavy atom. The van der Waals surface area contributed by atoms with Crippen LogP contribution in [0.25, 0.3) is 10.9 Å². The Bertz CT molecular complexity index is 1360. The summed E-state index contributed by atoms with van der Waals surface area (Å²) >= 11 is 0. The maximum Gasteiger partial charge on any atom is 0.326 e. The monoisotopic (exact) mass is 550 g/mol. The fraction of sp³-hybridized carbons (Fsp3) is 0.321. The summed E-state index contributed by atoms with van der Waals surface area (Å²) < 4.78 is 0. The molecule has 0 aliphatic heterocycles. The predicted octanol–water partition coefficient (Wildman–Crippen LogP) is 0.105. The molecular formula is C28H34N6O6. The maximum atomic E-state index is 13.2. The lowest BCUT2D eigenvalue weighted by Gasteiger charge is -2.23. The van der Waals surface area contributed by atoms with E-state index in [0.717, 1.165) is 22.0 Å². The molecule has 40 heavy (non-hydrogen) atoms. The molecule has 0 aliphatic carbocycles. The molecule has 3 aromatic rings. The molecule has 9 N–H and O–H groups in total. The number of carboxylic acid groups (broad SMARTS) is 1. The summed E-state index contributed by atoms with van der Waals surface area (Å²) in [7, 11) is 0. The van der Waals surface area contributed by atoms with E-state index in [1.807, 2.05) is 30.3 Å². The number of carbonyl (C=O) groups excluding carboxylic acids is 4. The summed E-state index contributed by atoms with van der Waals surface area (Å²) in [5, 5.41) is 17.8. The molecule has 12 nitrogen and oxygen atoms in total. The smallest absolute Gasteiger partial charge is 0.326 e. The first-order chi connectivity index (χ1) is 19.0. The Morgan fingerprint density at radius 3 is 2.17 bits per heavy atom.